The second-order valence-electron chi connectivity index (χ2n) is 4.66. The predicted octanol–water partition coefficient (Wildman–Crippen LogP) is 3.31. The monoisotopic (exact) mass is 314 g/mol. The average Bonchev–Trinajstić information content (AvgIpc) is 2.59. The molecule has 0 bridgehead atoms. The topological polar surface area (TPSA) is 65.0 Å². The minimum absolute atomic E-state index is 0.124. The van der Waals surface area contributed by atoms with Gasteiger partial charge in [0.2, 0.25) is 0 Å². The van der Waals surface area contributed by atoms with Gasteiger partial charge in [-0.2, -0.15) is 0 Å². The van der Waals surface area contributed by atoms with Crippen molar-refractivity contribution >= 4 is 11.9 Å². The van der Waals surface area contributed by atoms with Crippen molar-refractivity contribution in [3.05, 3.63) is 53.6 Å². The van der Waals surface area contributed by atoms with E-state index in [2.05, 4.69) is 0 Å². The van der Waals surface area contributed by atoms with E-state index < -0.39 is 0 Å². The molecule has 0 saturated carbocycles. The lowest BCUT2D eigenvalue weighted by atomic mass is 10.1. The summed E-state index contributed by atoms with van der Waals surface area (Å²) in [6, 6.07) is 9.95. The van der Waals surface area contributed by atoms with Gasteiger partial charge in [0, 0.05) is 11.6 Å². The summed E-state index contributed by atoms with van der Waals surface area (Å²) in [5, 5.41) is 9.88. The highest BCUT2D eigenvalue weighted by molar-refractivity contribution is 6.10. The molecule has 0 amide bonds. The fourth-order valence-electron chi connectivity index (χ4n) is 2.14. The first-order valence-corrected chi connectivity index (χ1v) is 6.91. The van der Waals surface area contributed by atoms with Crippen LogP contribution >= 0.6 is 0 Å². The number of carbonyl (C=O) groups excluding carboxylic acids is 1. The summed E-state index contributed by atoms with van der Waals surface area (Å²) in [6.07, 6.45) is 2.98. The van der Waals surface area contributed by atoms with Gasteiger partial charge in [0.1, 0.15) is 28.6 Å². The summed E-state index contributed by atoms with van der Waals surface area (Å²) in [5.41, 5.74) is 0.842. The highest BCUT2D eigenvalue weighted by Gasteiger charge is 2.14. The Kier molecular flexibility index (Phi) is 5.25. The molecule has 0 aliphatic heterocycles. The van der Waals surface area contributed by atoms with Crippen LogP contribution in [-0.4, -0.2) is 32.2 Å². The Labute approximate surface area is 134 Å². The van der Waals surface area contributed by atoms with Crippen molar-refractivity contribution in [3.8, 4) is 23.0 Å². The zero-order valence-electron chi connectivity index (χ0n) is 13.2. The minimum Gasteiger partial charge on any atom is -0.507 e. The number of benzene rings is 2. The number of carbonyl (C=O) groups is 1. The zero-order valence-corrected chi connectivity index (χ0v) is 13.2. The quantitative estimate of drug-likeness (QED) is 0.654. The van der Waals surface area contributed by atoms with Gasteiger partial charge in [-0.05, 0) is 36.4 Å². The molecular weight excluding hydrogens is 296 g/mol. The van der Waals surface area contributed by atoms with Crippen LogP contribution in [-0.2, 0) is 0 Å². The zero-order chi connectivity index (χ0) is 16.8. The summed E-state index contributed by atoms with van der Waals surface area (Å²) in [5.74, 6) is 1.07. The molecule has 23 heavy (non-hydrogen) atoms. The molecule has 2 aromatic carbocycles. The summed E-state index contributed by atoms with van der Waals surface area (Å²) >= 11 is 0. The van der Waals surface area contributed by atoms with Crippen molar-refractivity contribution in [2.75, 3.05) is 21.3 Å². The van der Waals surface area contributed by atoms with E-state index in [0.717, 1.165) is 5.56 Å². The first-order valence-electron chi connectivity index (χ1n) is 6.91. The molecule has 0 aliphatic carbocycles. The Morgan fingerprint density at radius 2 is 1.74 bits per heavy atom. The summed E-state index contributed by atoms with van der Waals surface area (Å²) in [6.45, 7) is 0. The predicted molar refractivity (Wildman–Crippen MR) is 87.6 cm³/mol. The van der Waals surface area contributed by atoms with Gasteiger partial charge >= 0.3 is 0 Å². The molecule has 120 valence electrons. The maximum atomic E-state index is 12.3. The molecule has 5 nitrogen and oxygen atoms in total. The van der Waals surface area contributed by atoms with Crippen LogP contribution in [0.3, 0.4) is 0 Å². The van der Waals surface area contributed by atoms with Crippen LogP contribution in [0.4, 0.5) is 0 Å². The molecule has 0 aliphatic rings. The third-order valence-corrected chi connectivity index (χ3v) is 3.33. The van der Waals surface area contributed by atoms with Gasteiger partial charge in [0.25, 0.3) is 0 Å². The average molecular weight is 314 g/mol. The van der Waals surface area contributed by atoms with Crippen LogP contribution in [0.1, 0.15) is 15.9 Å². The number of ether oxygens (including phenoxy) is 3. The van der Waals surface area contributed by atoms with E-state index in [1.807, 2.05) is 0 Å². The molecule has 2 aromatic rings. The molecular formula is C18H18O5. The Hall–Kier alpha value is -2.95. The molecule has 5 heteroatoms. The van der Waals surface area contributed by atoms with Crippen molar-refractivity contribution in [1.82, 2.24) is 0 Å². The van der Waals surface area contributed by atoms with Crippen molar-refractivity contribution in [2.45, 2.75) is 0 Å². The van der Waals surface area contributed by atoms with E-state index in [1.165, 1.54) is 19.3 Å². The standard InChI is InChI=1S/C18H18O5/c1-21-13-9-7-12(17(11-13)23-3)8-10-15(20)18-14(19)5-4-6-16(18)22-2/h4-11,19H,1-3H3/b10-8+. The van der Waals surface area contributed by atoms with Crippen LogP contribution in [0.5, 0.6) is 23.0 Å². The first-order chi connectivity index (χ1) is 11.1. The van der Waals surface area contributed by atoms with E-state index in [0.29, 0.717) is 17.2 Å². The lowest BCUT2D eigenvalue weighted by molar-refractivity contribution is 0.104. The van der Waals surface area contributed by atoms with Crippen molar-refractivity contribution in [3.63, 3.8) is 0 Å². The first kappa shape index (κ1) is 16.4. The second kappa shape index (κ2) is 7.35. The molecule has 0 atom stereocenters. The van der Waals surface area contributed by atoms with E-state index in [-0.39, 0.29) is 17.1 Å². The lowest BCUT2D eigenvalue weighted by Crippen LogP contribution is -1.99. The number of phenolic OH excluding ortho intramolecular Hbond substituents is 1. The molecule has 0 spiro atoms. The van der Waals surface area contributed by atoms with Gasteiger partial charge in [0.05, 0.1) is 21.3 Å². The molecule has 2 rings (SSSR count). The molecule has 0 fully saturated rings. The highest BCUT2D eigenvalue weighted by atomic mass is 16.5. The number of methoxy groups -OCH3 is 3. The number of aromatic hydroxyl groups is 1. The fraction of sp³-hybridized carbons (Fsp3) is 0.167. The number of rotatable bonds is 6. The molecule has 0 saturated heterocycles. The van der Waals surface area contributed by atoms with Gasteiger partial charge in [-0.3, -0.25) is 4.79 Å². The molecule has 0 unspecified atom stereocenters. The third-order valence-electron chi connectivity index (χ3n) is 3.33. The molecule has 0 heterocycles. The van der Waals surface area contributed by atoms with E-state index >= 15 is 0 Å². The molecule has 0 radical (unpaired) electrons. The maximum Gasteiger partial charge on any atom is 0.193 e. The fourth-order valence-corrected chi connectivity index (χ4v) is 2.14. The number of hydrogen-bond donors (Lipinski definition) is 1. The van der Waals surface area contributed by atoms with E-state index in [1.54, 1.807) is 50.6 Å². The van der Waals surface area contributed by atoms with Crippen LogP contribution in [0.15, 0.2) is 42.5 Å². The number of allylic oxidation sites excluding steroid dienone is 1. The number of hydrogen-bond acceptors (Lipinski definition) is 5. The Bertz CT molecular complexity index is 734. The van der Waals surface area contributed by atoms with Crippen molar-refractivity contribution in [2.24, 2.45) is 0 Å². The Morgan fingerprint density at radius 3 is 2.39 bits per heavy atom. The van der Waals surface area contributed by atoms with E-state index in [9.17, 15) is 9.90 Å². The van der Waals surface area contributed by atoms with E-state index in [4.69, 9.17) is 14.2 Å². The maximum absolute atomic E-state index is 12.3. The SMILES string of the molecule is COc1ccc(/C=C/C(=O)c2c(O)cccc2OC)c(OC)c1. The van der Waals surface area contributed by atoms with Gasteiger partial charge in [0.15, 0.2) is 5.78 Å². The van der Waals surface area contributed by atoms with Crippen LogP contribution < -0.4 is 14.2 Å². The van der Waals surface area contributed by atoms with Crippen molar-refractivity contribution in [1.29, 1.82) is 0 Å². The van der Waals surface area contributed by atoms with Gasteiger partial charge in [-0.15, -0.1) is 0 Å². The van der Waals surface area contributed by atoms with Gasteiger partial charge in [-0.1, -0.05) is 6.07 Å². The summed E-state index contributed by atoms with van der Waals surface area (Å²) in [7, 11) is 4.56. The van der Waals surface area contributed by atoms with Crippen LogP contribution in [0.25, 0.3) is 6.08 Å². The smallest absolute Gasteiger partial charge is 0.193 e. The van der Waals surface area contributed by atoms with Gasteiger partial charge in [-0.25, -0.2) is 0 Å². The highest BCUT2D eigenvalue weighted by Crippen LogP contribution is 2.29. The number of phenols is 1. The Morgan fingerprint density at radius 1 is 1.00 bits per heavy atom. The largest absolute Gasteiger partial charge is 0.507 e. The summed E-state index contributed by atoms with van der Waals surface area (Å²) in [4.78, 5) is 12.3. The van der Waals surface area contributed by atoms with Crippen LogP contribution in [0.2, 0.25) is 0 Å². The molecule has 0 aromatic heterocycles. The summed E-state index contributed by atoms with van der Waals surface area (Å²) < 4.78 is 15.5. The van der Waals surface area contributed by atoms with Crippen LogP contribution in [0, 0.1) is 0 Å². The van der Waals surface area contributed by atoms with Gasteiger partial charge < -0.3 is 19.3 Å². The Balaban J connectivity index is 2.32. The van der Waals surface area contributed by atoms with Crippen molar-refractivity contribution < 1.29 is 24.1 Å². The second-order valence-corrected chi connectivity index (χ2v) is 4.66. The molecule has 1 N–H and O–H groups in total. The number of ketones is 1. The third kappa shape index (κ3) is 3.63. The lowest BCUT2D eigenvalue weighted by Gasteiger charge is -2.08. The minimum atomic E-state index is -0.363. The normalized spacial score (nSPS) is 10.6.